The van der Waals surface area contributed by atoms with Crippen molar-refractivity contribution < 1.29 is 9.53 Å². The van der Waals surface area contributed by atoms with E-state index in [-0.39, 0.29) is 11.8 Å². The van der Waals surface area contributed by atoms with E-state index in [1.54, 1.807) is 23.8 Å². The van der Waals surface area contributed by atoms with Gasteiger partial charge < -0.3 is 4.74 Å². The summed E-state index contributed by atoms with van der Waals surface area (Å²) in [7, 11) is 1.62. The highest BCUT2D eigenvalue weighted by atomic mass is 32.2. The third-order valence-electron chi connectivity index (χ3n) is 5.63. The van der Waals surface area contributed by atoms with Crippen LogP contribution in [0.4, 0.5) is 0 Å². The minimum atomic E-state index is -0.207. The average molecular weight is 420 g/mol. The Labute approximate surface area is 181 Å². The molecule has 0 N–H and O–H groups in total. The van der Waals surface area contributed by atoms with Crippen LogP contribution in [-0.2, 0) is 11.2 Å². The minimum Gasteiger partial charge on any atom is -0.497 e. The molecule has 0 spiro atoms. The Morgan fingerprint density at radius 3 is 2.80 bits per heavy atom. The zero-order valence-corrected chi connectivity index (χ0v) is 17.9. The Morgan fingerprint density at radius 2 is 2.03 bits per heavy atom. The number of amides is 1. The van der Waals surface area contributed by atoms with E-state index >= 15 is 0 Å². The van der Waals surface area contributed by atoms with E-state index in [0.29, 0.717) is 18.7 Å². The van der Waals surface area contributed by atoms with Crippen molar-refractivity contribution in [1.29, 1.82) is 5.26 Å². The molecule has 0 unspecified atom stereocenters. The Hall–Kier alpha value is -2.75. The molecule has 1 amide bonds. The second-order valence-corrected chi connectivity index (χ2v) is 8.52. The molecule has 2 aliphatic heterocycles. The summed E-state index contributed by atoms with van der Waals surface area (Å²) >= 11 is 1.60. The fraction of sp³-hybridized carbons (Fsp3) is 0.333. The maximum Gasteiger partial charge on any atom is 0.229 e. The highest BCUT2D eigenvalue weighted by Crippen LogP contribution is 2.42. The zero-order chi connectivity index (χ0) is 20.9. The van der Waals surface area contributed by atoms with Crippen molar-refractivity contribution in [2.45, 2.75) is 25.2 Å². The molecule has 30 heavy (non-hydrogen) atoms. The van der Waals surface area contributed by atoms with Crippen molar-refractivity contribution in [3.63, 3.8) is 0 Å². The van der Waals surface area contributed by atoms with Gasteiger partial charge in [0.1, 0.15) is 5.75 Å². The van der Waals surface area contributed by atoms with Crippen LogP contribution in [0.2, 0.25) is 0 Å². The van der Waals surface area contributed by atoms with Crippen LogP contribution in [0.1, 0.15) is 29.9 Å². The fourth-order valence-corrected chi connectivity index (χ4v) is 5.22. The lowest BCUT2D eigenvalue weighted by atomic mass is 9.86. The molecule has 2 heterocycles. The molecule has 1 fully saturated rings. The lowest BCUT2D eigenvalue weighted by Crippen LogP contribution is -2.47. The van der Waals surface area contributed by atoms with Crippen LogP contribution in [0.15, 0.2) is 65.2 Å². The SMILES string of the molecule is COc1cccc([C@@H]2CC(=O)N3CN(CCCc4ccccc4)CSC3=C2C#N)c1. The second-order valence-electron chi connectivity index (χ2n) is 7.58. The quantitative estimate of drug-likeness (QED) is 0.697. The molecule has 0 bridgehead atoms. The van der Waals surface area contributed by atoms with Crippen molar-refractivity contribution in [1.82, 2.24) is 9.80 Å². The summed E-state index contributed by atoms with van der Waals surface area (Å²) < 4.78 is 5.33. The summed E-state index contributed by atoms with van der Waals surface area (Å²) in [6.45, 7) is 1.49. The first-order valence-electron chi connectivity index (χ1n) is 10.2. The number of allylic oxidation sites excluding steroid dienone is 1. The molecule has 0 aliphatic carbocycles. The minimum absolute atomic E-state index is 0.0806. The number of carbonyl (C=O) groups is 1. The van der Waals surface area contributed by atoms with Crippen molar-refractivity contribution in [3.05, 3.63) is 76.3 Å². The van der Waals surface area contributed by atoms with Gasteiger partial charge in [-0.25, -0.2) is 0 Å². The second kappa shape index (κ2) is 9.38. The first kappa shape index (κ1) is 20.5. The number of ether oxygens (including phenoxy) is 1. The van der Waals surface area contributed by atoms with Crippen LogP contribution < -0.4 is 4.74 Å². The number of rotatable bonds is 6. The number of methoxy groups -OCH3 is 1. The third kappa shape index (κ3) is 4.38. The van der Waals surface area contributed by atoms with Gasteiger partial charge in [-0.05, 0) is 36.1 Å². The Bertz CT molecular complexity index is 983. The van der Waals surface area contributed by atoms with Crippen molar-refractivity contribution >= 4 is 17.7 Å². The first-order valence-corrected chi connectivity index (χ1v) is 11.2. The summed E-state index contributed by atoms with van der Waals surface area (Å²) in [5.41, 5.74) is 2.98. The topological polar surface area (TPSA) is 56.6 Å². The summed E-state index contributed by atoms with van der Waals surface area (Å²) in [6.07, 6.45) is 2.39. The summed E-state index contributed by atoms with van der Waals surface area (Å²) in [4.78, 5) is 17.1. The van der Waals surface area contributed by atoms with Crippen LogP contribution in [0.3, 0.4) is 0 Å². The molecule has 1 saturated heterocycles. The van der Waals surface area contributed by atoms with Crippen LogP contribution in [0, 0.1) is 11.3 Å². The third-order valence-corrected chi connectivity index (χ3v) is 6.84. The van der Waals surface area contributed by atoms with E-state index in [4.69, 9.17) is 4.74 Å². The first-order chi connectivity index (χ1) is 14.7. The van der Waals surface area contributed by atoms with Gasteiger partial charge in [0.2, 0.25) is 5.91 Å². The summed E-state index contributed by atoms with van der Waals surface area (Å²) in [5, 5.41) is 10.7. The standard InChI is InChI=1S/C24H25N3O2S/c1-29-20-11-5-10-19(13-20)21-14-23(28)27-16-26(17-30-24(27)22(21)15-25)12-6-9-18-7-3-2-4-8-18/h2-5,7-8,10-11,13,21H,6,9,12,14,16-17H2,1H3/t21-/m0/s1. The number of hydrogen-bond donors (Lipinski definition) is 0. The van der Waals surface area contributed by atoms with E-state index in [9.17, 15) is 10.1 Å². The fourth-order valence-electron chi connectivity index (χ4n) is 4.04. The number of benzene rings is 2. The summed E-state index contributed by atoms with van der Waals surface area (Å²) in [5.74, 6) is 1.41. The average Bonchev–Trinajstić information content (AvgIpc) is 2.80. The highest BCUT2D eigenvalue weighted by molar-refractivity contribution is 8.03. The van der Waals surface area contributed by atoms with Gasteiger partial charge in [-0.3, -0.25) is 14.6 Å². The van der Waals surface area contributed by atoms with Gasteiger partial charge in [-0.2, -0.15) is 5.26 Å². The highest BCUT2D eigenvalue weighted by Gasteiger charge is 2.38. The van der Waals surface area contributed by atoms with E-state index in [1.807, 2.05) is 30.3 Å². The number of aryl methyl sites for hydroxylation is 1. The maximum absolute atomic E-state index is 13.0. The number of thioether (sulfide) groups is 1. The number of carbonyl (C=O) groups excluding carboxylic acids is 1. The molecule has 2 aromatic rings. The van der Waals surface area contributed by atoms with Gasteiger partial charge in [0.25, 0.3) is 0 Å². The molecule has 6 heteroatoms. The van der Waals surface area contributed by atoms with Gasteiger partial charge in [-0.1, -0.05) is 54.2 Å². The maximum atomic E-state index is 13.0. The van der Waals surface area contributed by atoms with Crippen LogP contribution in [0.5, 0.6) is 5.75 Å². The van der Waals surface area contributed by atoms with E-state index in [0.717, 1.165) is 41.6 Å². The molecule has 0 radical (unpaired) electrons. The zero-order valence-electron chi connectivity index (χ0n) is 17.1. The van der Waals surface area contributed by atoms with Crippen molar-refractivity contribution in [2.75, 3.05) is 26.2 Å². The number of nitrogens with zero attached hydrogens (tertiary/aromatic N) is 3. The van der Waals surface area contributed by atoms with Gasteiger partial charge in [0.15, 0.2) is 0 Å². The van der Waals surface area contributed by atoms with Gasteiger partial charge >= 0.3 is 0 Å². The molecule has 2 aromatic carbocycles. The molecule has 2 aliphatic rings. The largest absolute Gasteiger partial charge is 0.497 e. The predicted molar refractivity (Wildman–Crippen MR) is 119 cm³/mol. The molecule has 5 nitrogen and oxygen atoms in total. The van der Waals surface area contributed by atoms with E-state index < -0.39 is 0 Å². The smallest absolute Gasteiger partial charge is 0.229 e. The lowest BCUT2D eigenvalue weighted by Gasteiger charge is -2.41. The predicted octanol–water partition coefficient (Wildman–Crippen LogP) is 4.34. The molecular weight excluding hydrogens is 394 g/mol. The van der Waals surface area contributed by atoms with Crippen LogP contribution in [-0.4, -0.2) is 41.9 Å². The van der Waals surface area contributed by atoms with Crippen LogP contribution in [0.25, 0.3) is 0 Å². The molecule has 4 rings (SSSR count). The monoisotopic (exact) mass is 419 g/mol. The van der Waals surface area contributed by atoms with Crippen molar-refractivity contribution in [2.24, 2.45) is 0 Å². The number of nitriles is 1. The Morgan fingerprint density at radius 1 is 1.20 bits per heavy atom. The summed E-state index contributed by atoms with van der Waals surface area (Å²) in [6, 6.07) is 20.5. The molecule has 1 atom stereocenters. The number of hydrogen-bond acceptors (Lipinski definition) is 5. The van der Waals surface area contributed by atoms with E-state index in [2.05, 4.69) is 35.2 Å². The number of fused-ring (bicyclic) bond motifs is 1. The lowest BCUT2D eigenvalue weighted by molar-refractivity contribution is -0.131. The van der Waals surface area contributed by atoms with Gasteiger partial charge in [0, 0.05) is 18.9 Å². The molecule has 154 valence electrons. The normalized spacial score (nSPS) is 19.4. The van der Waals surface area contributed by atoms with Gasteiger partial charge in [0.05, 0.1) is 36.3 Å². The Balaban J connectivity index is 1.46. The molecular formula is C24H25N3O2S. The molecule has 0 saturated carbocycles. The van der Waals surface area contributed by atoms with Gasteiger partial charge in [-0.15, -0.1) is 0 Å². The van der Waals surface area contributed by atoms with E-state index in [1.165, 1.54) is 5.56 Å². The molecule has 0 aromatic heterocycles. The van der Waals surface area contributed by atoms with Crippen LogP contribution >= 0.6 is 11.8 Å². The Kier molecular flexibility index (Phi) is 6.41. The van der Waals surface area contributed by atoms with Crippen molar-refractivity contribution in [3.8, 4) is 11.8 Å².